The van der Waals surface area contributed by atoms with Crippen LogP contribution >= 0.6 is 0 Å². The number of amides is 1. The molecule has 0 spiro atoms. The molecule has 25 heavy (non-hydrogen) atoms. The lowest BCUT2D eigenvalue weighted by Crippen LogP contribution is -2.16. The van der Waals surface area contributed by atoms with Crippen molar-refractivity contribution in [2.45, 2.75) is 6.42 Å². The summed E-state index contributed by atoms with van der Waals surface area (Å²) < 4.78 is 18.8. The average Bonchev–Trinajstić information content (AvgIpc) is 2.62. The van der Waals surface area contributed by atoms with Crippen LogP contribution in [0, 0.1) is 5.82 Å². The van der Waals surface area contributed by atoms with Gasteiger partial charge in [0.2, 0.25) is 5.91 Å². The molecule has 2 aromatic heterocycles. The molecule has 0 atom stereocenters. The highest BCUT2D eigenvalue weighted by molar-refractivity contribution is 5.91. The molecule has 0 aliphatic heterocycles. The number of aromatic nitrogens is 3. The molecule has 1 amide bonds. The smallest absolute Gasteiger partial charge is 0.231 e. The molecule has 126 valence electrons. The molecule has 0 bridgehead atoms. The van der Waals surface area contributed by atoms with E-state index in [4.69, 9.17) is 4.74 Å². The minimum Gasteiger partial charge on any atom is -0.496 e. The van der Waals surface area contributed by atoms with Crippen LogP contribution in [0.3, 0.4) is 0 Å². The molecule has 3 rings (SSSR count). The summed E-state index contributed by atoms with van der Waals surface area (Å²) >= 11 is 0. The van der Waals surface area contributed by atoms with Gasteiger partial charge in [-0.3, -0.25) is 9.78 Å². The Morgan fingerprint density at radius 3 is 2.80 bits per heavy atom. The van der Waals surface area contributed by atoms with Crippen LogP contribution in [0.5, 0.6) is 5.75 Å². The second-order valence-electron chi connectivity index (χ2n) is 5.18. The predicted molar refractivity (Wildman–Crippen MR) is 90.5 cm³/mol. The lowest BCUT2D eigenvalue weighted by atomic mass is 10.1. The zero-order chi connectivity index (χ0) is 17.6. The Balaban J connectivity index is 1.80. The summed E-state index contributed by atoms with van der Waals surface area (Å²) in [5.41, 5.74) is 1.57. The standard InChI is InChI=1S/C18H15FN4O2/c1-25-16-6-5-12(19)8-14(16)15-10-17(22-11-21-15)23-18(24)9-13-4-2-3-7-20-13/h2-8,10-11H,9H2,1H3,(H,21,22,23,24). The van der Waals surface area contributed by atoms with E-state index in [0.29, 0.717) is 28.5 Å². The zero-order valence-electron chi connectivity index (χ0n) is 13.4. The molecule has 7 heteroatoms. The molecule has 0 saturated carbocycles. The molecule has 0 aliphatic rings. The fourth-order valence-electron chi connectivity index (χ4n) is 2.31. The second kappa shape index (κ2) is 7.48. The maximum absolute atomic E-state index is 13.5. The van der Waals surface area contributed by atoms with Crippen LogP contribution in [-0.4, -0.2) is 28.0 Å². The zero-order valence-corrected chi connectivity index (χ0v) is 13.4. The number of carbonyl (C=O) groups is 1. The number of halogens is 1. The first-order valence-corrected chi connectivity index (χ1v) is 7.51. The van der Waals surface area contributed by atoms with E-state index in [9.17, 15) is 9.18 Å². The van der Waals surface area contributed by atoms with Crippen LogP contribution < -0.4 is 10.1 Å². The third-order valence-electron chi connectivity index (χ3n) is 3.44. The number of anilines is 1. The van der Waals surface area contributed by atoms with Crippen molar-refractivity contribution in [2.24, 2.45) is 0 Å². The van der Waals surface area contributed by atoms with Crippen LogP contribution in [0.25, 0.3) is 11.3 Å². The fourth-order valence-corrected chi connectivity index (χ4v) is 2.31. The van der Waals surface area contributed by atoms with E-state index in [1.54, 1.807) is 24.4 Å². The van der Waals surface area contributed by atoms with Gasteiger partial charge in [-0.1, -0.05) is 6.07 Å². The first-order chi connectivity index (χ1) is 12.2. The summed E-state index contributed by atoms with van der Waals surface area (Å²) in [5.74, 6) is 0.132. The topological polar surface area (TPSA) is 77.0 Å². The molecular formula is C18H15FN4O2. The Labute approximate surface area is 143 Å². The van der Waals surface area contributed by atoms with E-state index in [1.165, 1.54) is 31.6 Å². The van der Waals surface area contributed by atoms with Crippen LogP contribution in [0.1, 0.15) is 5.69 Å². The van der Waals surface area contributed by atoms with Crippen LogP contribution in [0.15, 0.2) is 55.0 Å². The number of hydrogen-bond donors (Lipinski definition) is 1. The summed E-state index contributed by atoms with van der Waals surface area (Å²) in [5, 5.41) is 2.69. The second-order valence-corrected chi connectivity index (χ2v) is 5.18. The van der Waals surface area contributed by atoms with Gasteiger partial charge in [0.15, 0.2) is 0 Å². The van der Waals surface area contributed by atoms with Crippen molar-refractivity contribution in [3.8, 4) is 17.0 Å². The van der Waals surface area contributed by atoms with Gasteiger partial charge < -0.3 is 10.1 Å². The lowest BCUT2D eigenvalue weighted by molar-refractivity contribution is -0.115. The number of carbonyl (C=O) groups excluding carboxylic acids is 1. The van der Waals surface area contributed by atoms with E-state index >= 15 is 0 Å². The highest BCUT2D eigenvalue weighted by atomic mass is 19.1. The van der Waals surface area contributed by atoms with Gasteiger partial charge >= 0.3 is 0 Å². The Bertz CT molecular complexity index is 887. The van der Waals surface area contributed by atoms with Crippen molar-refractivity contribution in [2.75, 3.05) is 12.4 Å². The van der Waals surface area contributed by atoms with E-state index in [0.717, 1.165) is 0 Å². The maximum atomic E-state index is 13.5. The Kier molecular flexibility index (Phi) is 4.94. The van der Waals surface area contributed by atoms with Crippen molar-refractivity contribution in [3.63, 3.8) is 0 Å². The van der Waals surface area contributed by atoms with Crippen molar-refractivity contribution >= 4 is 11.7 Å². The molecule has 3 aromatic rings. The van der Waals surface area contributed by atoms with Crippen LogP contribution in [0.4, 0.5) is 10.2 Å². The predicted octanol–water partition coefficient (Wildman–Crippen LogP) is 2.87. The number of hydrogen-bond acceptors (Lipinski definition) is 5. The number of methoxy groups -OCH3 is 1. The summed E-state index contributed by atoms with van der Waals surface area (Å²) in [6.45, 7) is 0. The summed E-state index contributed by atoms with van der Waals surface area (Å²) in [4.78, 5) is 24.4. The van der Waals surface area contributed by atoms with E-state index in [2.05, 4.69) is 20.3 Å². The fraction of sp³-hybridized carbons (Fsp3) is 0.111. The summed E-state index contributed by atoms with van der Waals surface area (Å²) in [6.07, 6.45) is 3.06. The molecule has 1 aromatic carbocycles. The minimum atomic E-state index is -0.407. The van der Waals surface area contributed by atoms with Gasteiger partial charge in [0, 0.05) is 23.5 Å². The summed E-state index contributed by atoms with van der Waals surface area (Å²) in [7, 11) is 1.49. The van der Waals surface area contributed by atoms with E-state index < -0.39 is 5.82 Å². The van der Waals surface area contributed by atoms with Crippen molar-refractivity contribution in [3.05, 3.63) is 66.5 Å². The van der Waals surface area contributed by atoms with E-state index in [1.807, 2.05) is 6.07 Å². The largest absolute Gasteiger partial charge is 0.496 e. The highest BCUT2D eigenvalue weighted by Crippen LogP contribution is 2.29. The SMILES string of the molecule is COc1ccc(F)cc1-c1cc(NC(=O)Cc2ccccn2)ncn1. The monoisotopic (exact) mass is 338 g/mol. The van der Waals surface area contributed by atoms with Gasteiger partial charge in [-0.2, -0.15) is 0 Å². The number of nitrogens with one attached hydrogen (secondary N) is 1. The normalized spacial score (nSPS) is 10.3. The van der Waals surface area contributed by atoms with E-state index in [-0.39, 0.29) is 12.3 Å². The molecule has 2 heterocycles. The van der Waals surface area contributed by atoms with Gasteiger partial charge in [0.1, 0.15) is 23.7 Å². The number of benzene rings is 1. The number of rotatable bonds is 5. The molecular weight excluding hydrogens is 323 g/mol. The molecule has 6 nitrogen and oxygen atoms in total. The quantitative estimate of drug-likeness (QED) is 0.774. The van der Waals surface area contributed by atoms with Gasteiger partial charge in [0.05, 0.1) is 19.2 Å². The number of nitrogens with zero attached hydrogens (tertiary/aromatic N) is 3. The van der Waals surface area contributed by atoms with Crippen molar-refractivity contribution in [1.82, 2.24) is 15.0 Å². The van der Waals surface area contributed by atoms with Gasteiger partial charge in [-0.05, 0) is 30.3 Å². The number of ether oxygens (including phenoxy) is 1. The Morgan fingerprint density at radius 2 is 2.04 bits per heavy atom. The van der Waals surface area contributed by atoms with Crippen molar-refractivity contribution in [1.29, 1.82) is 0 Å². The molecule has 0 aliphatic carbocycles. The molecule has 0 radical (unpaired) electrons. The van der Waals surface area contributed by atoms with Crippen LogP contribution in [-0.2, 0) is 11.2 Å². The highest BCUT2D eigenvalue weighted by Gasteiger charge is 2.11. The first-order valence-electron chi connectivity index (χ1n) is 7.51. The van der Waals surface area contributed by atoms with Crippen molar-refractivity contribution < 1.29 is 13.9 Å². The maximum Gasteiger partial charge on any atom is 0.231 e. The molecule has 0 fully saturated rings. The third-order valence-corrected chi connectivity index (χ3v) is 3.44. The lowest BCUT2D eigenvalue weighted by Gasteiger charge is -2.09. The molecule has 1 N–H and O–H groups in total. The first kappa shape index (κ1) is 16.5. The summed E-state index contributed by atoms with van der Waals surface area (Å²) in [6, 6.07) is 11.1. The third kappa shape index (κ3) is 4.14. The Morgan fingerprint density at radius 1 is 1.16 bits per heavy atom. The molecule has 0 unspecified atom stereocenters. The van der Waals surface area contributed by atoms with Gasteiger partial charge in [-0.25, -0.2) is 14.4 Å². The van der Waals surface area contributed by atoms with Gasteiger partial charge in [0.25, 0.3) is 0 Å². The van der Waals surface area contributed by atoms with Gasteiger partial charge in [-0.15, -0.1) is 0 Å². The van der Waals surface area contributed by atoms with Crippen LogP contribution in [0.2, 0.25) is 0 Å². The molecule has 0 saturated heterocycles. The Hall–Kier alpha value is -3.35. The minimum absolute atomic E-state index is 0.128. The number of pyridine rings is 1. The average molecular weight is 338 g/mol.